The Morgan fingerprint density at radius 1 is 1.85 bits per heavy atom. The van der Waals surface area contributed by atoms with Crippen molar-refractivity contribution >= 4 is 28.8 Å². The minimum Gasteiger partial charge on any atom is -0.387 e. The Morgan fingerprint density at radius 2 is 2.46 bits per heavy atom. The topological polar surface area (TPSA) is 43.8 Å². The van der Waals surface area contributed by atoms with Crippen molar-refractivity contribution in [2.24, 2.45) is 0 Å². The maximum absolute atomic E-state index is 11.3. The van der Waals surface area contributed by atoms with Gasteiger partial charge in [0.05, 0.1) is 0 Å². The molecule has 0 aromatic carbocycles. The molecular weight excluding hydrogens is 283 g/mol. The first-order valence-corrected chi connectivity index (χ1v) is 5.04. The highest BCUT2D eigenvalue weighted by Crippen LogP contribution is 2.19. The van der Waals surface area contributed by atoms with E-state index in [2.05, 4.69) is 32.6 Å². The van der Waals surface area contributed by atoms with Gasteiger partial charge in [0.15, 0.2) is 0 Å². The zero-order valence-corrected chi connectivity index (χ0v) is 9.69. The molecule has 0 aromatic heterocycles. The molecule has 1 atom stereocenters. The molecule has 0 aromatic rings. The van der Waals surface area contributed by atoms with Crippen LogP contribution >= 0.6 is 22.9 Å². The van der Waals surface area contributed by atoms with Crippen LogP contribution in [0.5, 0.6) is 0 Å². The van der Waals surface area contributed by atoms with Gasteiger partial charge >= 0.3 is 0 Å². The average molecular weight is 296 g/mol. The summed E-state index contributed by atoms with van der Waals surface area (Å²) < 4.78 is 2.08. The number of carbonyl (C=O) groups excluding carboxylic acids is 1. The lowest BCUT2D eigenvalue weighted by Gasteiger charge is -2.38. The highest BCUT2D eigenvalue weighted by Gasteiger charge is 2.28. The number of aliphatic hydroxyl groups is 1. The van der Waals surface area contributed by atoms with Gasteiger partial charge in [0, 0.05) is 47.7 Å². The van der Waals surface area contributed by atoms with Gasteiger partial charge in [0.25, 0.3) is 5.91 Å². The first kappa shape index (κ1) is 10.9. The van der Waals surface area contributed by atoms with Crippen molar-refractivity contribution < 1.29 is 9.90 Å². The largest absolute Gasteiger partial charge is 0.387 e. The number of hydrogen-bond donors (Lipinski definition) is 1. The van der Waals surface area contributed by atoms with Gasteiger partial charge in [-0.1, -0.05) is 6.58 Å². The summed E-state index contributed by atoms with van der Waals surface area (Å²) >= 11 is 2.20. The average Bonchev–Trinajstić information content (AvgIpc) is 2.02. The summed E-state index contributed by atoms with van der Waals surface area (Å²) in [6, 6.07) is 0.0952. The van der Waals surface area contributed by atoms with E-state index in [4.69, 9.17) is 5.11 Å². The van der Waals surface area contributed by atoms with E-state index in [9.17, 15) is 4.79 Å². The first-order valence-electron chi connectivity index (χ1n) is 4.07. The summed E-state index contributed by atoms with van der Waals surface area (Å²) in [5, 5.41) is 8.74. The highest BCUT2D eigenvalue weighted by molar-refractivity contribution is 14.1. The molecule has 1 amide bonds. The van der Waals surface area contributed by atoms with Gasteiger partial charge in [-0.05, 0) is 6.92 Å². The second-order valence-electron chi connectivity index (χ2n) is 3.14. The fourth-order valence-electron chi connectivity index (χ4n) is 1.52. The lowest BCUT2D eigenvalue weighted by molar-refractivity contribution is -0.134. The molecule has 1 saturated heterocycles. The van der Waals surface area contributed by atoms with Crippen LogP contribution in [0.2, 0.25) is 0 Å². The van der Waals surface area contributed by atoms with Crippen LogP contribution in [0.3, 0.4) is 0 Å². The molecule has 1 fully saturated rings. The first-order chi connectivity index (χ1) is 6.06. The molecule has 5 heteroatoms. The Bertz CT molecular complexity index is 232. The van der Waals surface area contributed by atoms with Crippen LogP contribution < -0.4 is 0 Å². The lowest BCUT2D eigenvalue weighted by Crippen LogP contribution is -2.50. The summed E-state index contributed by atoms with van der Waals surface area (Å²) in [5.74, 6) is -0.262. The predicted molar refractivity (Wildman–Crippen MR) is 58.1 cm³/mol. The number of amides is 1. The zero-order chi connectivity index (χ0) is 10.0. The molecule has 1 rings (SSSR count). The molecule has 0 radical (unpaired) electrons. The molecule has 1 aliphatic rings. The summed E-state index contributed by atoms with van der Waals surface area (Å²) in [5.41, 5.74) is 0.757. The SMILES string of the molecule is C=C1CN(I)C[C@@H](C)N1C(=O)CO. The van der Waals surface area contributed by atoms with Gasteiger partial charge in [-0.3, -0.25) is 4.79 Å². The number of nitrogens with zero attached hydrogens (tertiary/aromatic N) is 2. The quantitative estimate of drug-likeness (QED) is 0.562. The van der Waals surface area contributed by atoms with Crippen molar-refractivity contribution in [3.63, 3.8) is 0 Å². The number of piperazine rings is 1. The van der Waals surface area contributed by atoms with Crippen LogP contribution in [0.15, 0.2) is 12.3 Å². The number of hydrogen-bond acceptors (Lipinski definition) is 3. The van der Waals surface area contributed by atoms with E-state index < -0.39 is 6.61 Å². The Kier molecular flexibility index (Phi) is 3.69. The normalized spacial score (nSPS) is 25.0. The molecule has 0 unspecified atom stereocenters. The van der Waals surface area contributed by atoms with Gasteiger partial charge in [-0.25, -0.2) is 3.11 Å². The molecule has 0 aliphatic carbocycles. The summed E-state index contributed by atoms with van der Waals surface area (Å²) in [6.07, 6.45) is 0. The van der Waals surface area contributed by atoms with Gasteiger partial charge in [-0.15, -0.1) is 0 Å². The third kappa shape index (κ3) is 2.41. The van der Waals surface area contributed by atoms with Crippen molar-refractivity contribution in [1.29, 1.82) is 0 Å². The van der Waals surface area contributed by atoms with Crippen molar-refractivity contribution in [1.82, 2.24) is 8.01 Å². The fourth-order valence-corrected chi connectivity index (χ4v) is 2.48. The standard InChI is InChI=1S/C8H13IN2O2/c1-6-3-10(9)4-7(2)11(6)8(13)5-12/h7,12H,1,3-5H2,2H3/t7-/m1/s1. The van der Waals surface area contributed by atoms with E-state index >= 15 is 0 Å². The summed E-state index contributed by atoms with van der Waals surface area (Å²) in [7, 11) is 0. The molecule has 0 spiro atoms. The van der Waals surface area contributed by atoms with Crippen LogP contribution in [0, 0.1) is 0 Å². The lowest BCUT2D eigenvalue weighted by atomic mass is 10.2. The van der Waals surface area contributed by atoms with Crippen LogP contribution in [0.4, 0.5) is 0 Å². The second kappa shape index (κ2) is 4.39. The molecule has 4 nitrogen and oxygen atoms in total. The number of halogens is 1. The Labute approximate surface area is 91.7 Å². The van der Waals surface area contributed by atoms with Gasteiger partial charge < -0.3 is 10.0 Å². The van der Waals surface area contributed by atoms with Crippen molar-refractivity contribution in [2.75, 3.05) is 19.7 Å². The van der Waals surface area contributed by atoms with E-state index in [1.165, 1.54) is 0 Å². The predicted octanol–water partition coefficient (Wildman–Crippen LogP) is 0.375. The zero-order valence-electron chi connectivity index (χ0n) is 7.53. The van der Waals surface area contributed by atoms with E-state index in [1.807, 2.05) is 6.92 Å². The van der Waals surface area contributed by atoms with E-state index in [0.717, 1.165) is 12.2 Å². The Morgan fingerprint density at radius 3 is 2.92 bits per heavy atom. The smallest absolute Gasteiger partial charge is 0.252 e. The Hall–Kier alpha value is -0.140. The van der Waals surface area contributed by atoms with Crippen molar-refractivity contribution in [3.8, 4) is 0 Å². The summed E-state index contributed by atoms with van der Waals surface area (Å²) in [4.78, 5) is 12.9. The highest BCUT2D eigenvalue weighted by atomic mass is 127. The third-order valence-corrected chi connectivity index (χ3v) is 2.74. The molecular formula is C8H13IN2O2. The van der Waals surface area contributed by atoms with Crippen molar-refractivity contribution in [3.05, 3.63) is 12.3 Å². The molecule has 74 valence electrons. The minimum atomic E-state index is -0.440. The van der Waals surface area contributed by atoms with Crippen LogP contribution in [0.25, 0.3) is 0 Å². The van der Waals surface area contributed by atoms with Gasteiger partial charge in [-0.2, -0.15) is 0 Å². The Balaban J connectivity index is 2.72. The van der Waals surface area contributed by atoms with Crippen LogP contribution in [-0.2, 0) is 4.79 Å². The van der Waals surface area contributed by atoms with Gasteiger partial charge in [0.1, 0.15) is 6.61 Å². The van der Waals surface area contributed by atoms with Crippen LogP contribution in [-0.4, -0.2) is 44.8 Å². The van der Waals surface area contributed by atoms with Gasteiger partial charge in [0.2, 0.25) is 0 Å². The fraction of sp³-hybridized carbons (Fsp3) is 0.625. The van der Waals surface area contributed by atoms with Crippen LogP contribution in [0.1, 0.15) is 6.92 Å². The molecule has 1 heterocycles. The number of rotatable bonds is 1. The third-order valence-electron chi connectivity index (χ3n) is 2.00. The summed E-state index contributed by atoms with van der Waals surface area (Å²) in [6.45, 7) is 6.81. The van der Waals surface area contributed by atoms with E-state index in [-0.39, 0.29) is 11.9 Å². The molecule has 13 heavy (non-hydrogen) atoms. The maximum atomic E-state index is 11.3. The second-order valence-corrected chi connectivity index (χ2v) is 4.50. The van der Waals surface area contributed by atoms with E-state index in [1.54, 1.807) is 4.90 Å². The number of aliphatic hydroxyl groups excluding tert-OH is 1. The molecule has 1 N–H and O–H groups in total. The van der Waals surface area contributed by atoms with Crippen molar-refractivity contribution in [2.45, 2.75) is 13.0 Å². The number of carbonyl (C=O) groups is 1. The van der Waals surface area contributed by atoms with E-state index in [0.29, 0.717) is 6.54 Å². The molecule has 0 saturated carbocycles. The molecule has 1 aliphatic heterocycles. The molecule has 0 bridgehead atoms. The monoisotopic (exact) mass is 296 g/mol. The maximum Gasteiger partial charge on any atom is 0.252 e. The minimum absolute atomic E-state index is 0.0952.